The second-order valence-corrected chi connectivity index (χ2v) is 7.49. The van der Waals surface area contributed by atoms with E-state index in [0.717, 1.165) is 44.8 Å². The SMILES string of the molecule is COc1ccc(-c2ccc3ncnc(Nc4ccc(-n5cncn5)cc4C)c3c2)cc1OC. The van der Waals surface area contributed by atoms with Crippen molar-refractivity contribution in [2.75, 3.05) is 19.5 Å². The molecule has 0 aliphatic rings. The normalized spacial score (nSPS) is 10.9. The number of nitrogens with one attached hydrogen (secondary N) is 1. The molecule has 5 aromatic rings. The first-order valence-corrected chi connectivity index (χ1v) is 10.4. The molecule has 0 aliphatic heterocycles. The Balaban J connectivity index is 1.52. The van der Waals surface area contributed by atoms with E-state index in [2.05, 4.69) is 37.5 Å². The first-order valence-electron chi connectivity index (χ1n) is 10.4. The van der Waals surface area contributed by atoms with Crippen molar-refractivity contribution in [3.8, 4) is 28.3 Å². The van der Waals surface area contributed by atoms with E-state index in [0.29, 0.717) is 11.5 Å². The van der Waals surface area contributed by atoms with Crippen LogP contribution in [0.2, 0.25) is 0 Å². The van der Waals surface area contributed by atoms with Gasteiger partial charge in [-0.15, -0.1) is 0 Å². The van der Waals surface area contributed by atoms with Gasteiger partial charge >= 0.3 is 0 Å². The van der Waals surface area contributed by atoms with E-state index >= 15 is 0 Å². The van der Waals surface area contributed by atoms with Gasteiger partial charge in [0.1, 0.15) is 24.8 Å². The highest BCUT2D eigenvalue weighted by atomic mass is 16.5. The average molecular weight is 438 g/mol. The molecule has 2 heterocycles. The second kappa shape index (κ2) is 8.58. The Morgan fingerprint density at radius 3 is 2.39 bits per heavy atom. The molecule has 0 unspecified atom stereocenters. The van der Waals surface area contributed by atoms with Crippen molar-refractivity contribution in [3.63, 3.8) is 0 Å². The highest BCUT2D eigenvalue weighted by molar-refractivity contribution is 5.94. The molecule has 2 aromatic heterocycles. The van der Waals surface area contributed by atoms with Crippen LogP contribution in [0, 0.1) is 6.92 Å². The summed E-state index contributed by atoms with van der Waals surface area (Å²) in [5.41, 5.74) is 5.85. The van der Waals surface area contributed by atoms with Gasteiger partial charge < -0.3 is 14.8 Å². The van der Waals surface area contributed by atoms with Crippen LogP contribution in [0.5, 0.6) is 11.5 Å². The van der Waals surface area contributed by atoms with E-state index in [4.69, 9.17) is 9.47 Å². The lowest BCUT2D eigenvalue weighted by atomic mass is 10.0. The predicted molar refractivity (Wildman–Crippen MR) is 127 cm³/mol. The summed E-state index contributed by atoms with van der Waals surface area (Å²) >= 11 is 0. The van der Waals surface area contributed by atoms with Gasteiger partial charge in [0.05, 0.1) is 25.4 Å². The van der Waals surface area contributed by atoms with Crippen LogP contribution in [0.1, 0.15) is 5.56 Å². The Bertz CT molecular complexity index is 1430. The Morgan fingerprint density at radius 2 is 1.64 bits per heavy atom. The predicted octanol–water partition coefficient (Wildman–Crippen LogP) is 4.95. The molecule has 0 radical (unpaired) electrons. The van der Waals surface area contributed by atoms with Crippen molar-refractivity contribution in [1.82, 2.24) is 24.7 Å². The number of fused-ring (bicyclic) bond motifs is 1. The molecular weight excluding hydrogens is 416 g/mol. The molecule has 0 saturated heterocycles. The highest BCUT2D eigenvalue weighted by Crippen LogP contribution is 2.34. The third-order valence-electron chi connectivity index (χ3n) is 5.50. The van der Waals surface area contributed by atoms with Gasteiger partial charge in [-0.1, -0.05) is 12.1 Å². The summed E-state index contributed by atoms with van der Waals surface area (Å²) < 4.78 is 12.6. The summed E-state index contributed by atoms with van der Waals surface area (Å²) in [7, 11) is 3.26. The molecular formula is C25H22N6O2. The zero-order chi connectivity index (χ0) is 22.8. The molecule has 0 amide bonds. The Morgan fingerprint density at radius 1 is 0.818 bits per heavy atom. The third-order valence-corrected chi connectivity index (χ3v) is 5.50. The van der Waals surface area contributed by atoms with Crippen LogP contribution in [-0.2, 0) is 0 Å². The van der Waals surface area contributed by atoms with Crippen molar-refractivity contribution < 1.29 is 9.47 Å². The van der Waals surface area contributed by atoms with Crippen LogP contribution >= 0.6 is 0 Å². The van der Waals surface area contributed by atoms with E-state index in [1.54, 1.807) is 31.6 Å². The molecule has 8 heteroatoms. The zero-order valence-corrected chi connectivity index (χ0v) is 18.5. The van der Waals surface area contributed by atoms with Crippen molar-refractivity contribution in [2.24, 2.45) is 0 Å². The fraction of sp³-hybridized carbons (Fsp3) is 0.120. The topological polar surface area (TPSA) is 87.0 Å². The lowest BCUT2D eigenvalue weighted by Gasteiger charge is -2.13. The molecule has 0 atom stereocenters. The number of rotatable bonds is 6. The largest absolute Gasteiger partial charge is 0.493 e. The van der Waals surface area contributed by atoms with Crippen molar-refractivity contribution in [3.05, 3.63) is 79.1 Å². The number of ether oxygens (including phenoxy) is 2. The molecule has 164 valence electrons. The molecule has 5 rings (SSSR count). The number of hydrogen-bond acceptors (Lipinski definition) is 7. The van der Waals surface area contributed by atoms with E-state index in [1.807, 2.05) is 49.4 Å². The standard InChI is InChI=1S/C25H22N6O2/c1-16-10-19(31-15-26-13-29-31)6-8-21(16)30-25-20-11-17(4-7-22(20)27-14-28-25)18-5-9-23(32-2)24(12-18)33-3/h4-15H,1-3H3,(H,27,28,30). The first-order chi connectivity index (χ1) is 16.2. The monoisotopic (exact) mass is 438 g/mol. The number of hydrogen-bond donors (Lipinski definition) is 1. The average Bonchev–Trinajstić information content (AvgIpc) is 3.40. The molecule has 0 fully saturated rings. The highest BCUT2D eigenvalue weighted by Gasteiger charge is 2.11. The number of anilines is 2. The minimum atomic E-state index is 0.681. The molecule has 3 aromatic carbocycles. The Kier molecular flexibility index (Phi) is 5.32. The van der Waals surface area contributed by atoms with E-state index in [1.165, 1.54) is 6.33 Å². The lowest BCUT2D eigenvalue weighted by Crippen LogP contribution is -2.00. The van der Waals surface area contributed by atoms with Crippen LogP contribution in [0.15, 0.2) is 73.6 Å². The molecule has 33 heavy (non-hydrogen) atoms. The maximum Gasteiger partial charge on any atom is 0.161 e. The minimum absolute atomic E-state index is 0.681. The summed E-state index contributed by atoms with van der Waals surface area (Å²) in [5, 5.41) is 8.58. The smallest absolute Gasteiger partial charge is 0.161 e. The van der Waals surface area contributed by atoms with Crippen LogP contribution in [-0.4, -0.2) is 39.0 Å². The van der Waals surface area contributed by atoms with Gasteiger partial charge in [-0.2, -0.15) is 5.10 Å². The van der Waals surface area contributed by atoms with Gasteiger partial charge in [-0.25, -0.2) is 19.6 Å². The quantitative estimate of drug-likeness (QED) is 0.401. The van der Waals surface area contributed by atoms with E-state index in [9.17, 15) is 0 Å². The molecule has 0 aliphatic carbocycles. The number of benzene rings is 3. The fourth-order valence-electron chi connectivity index (χ4n) is 3.75. The Hall–Kier alpha value is -4.46. The van der Waals surface area contributed by atoms with Crippen LogP contribution in [0.25, 0.3) is 27.7 Å². The van der Waals surface area contributed by atoms with Crippen LogP contribution in [0.3, 0.4) is 0 Å². The van der Waals surface area contributed by atoms with Gasteiger partial charge in [0.2, 0.25) is 0 Å². The summed E-state index contributed by atoms with van der Waals surface area (Å²) in [6.07, 6.45) is 4.76. The molecule has 0 spiro atoms. The number of nitrogens with zero attached hydrogens (tertiary/aromatic N) is 5. The van der Waals surface area contributed by atoms with E-state index in [-0.39, 0.29) is 0 Å². The third kappa shape index (κ3) is 3.94. The van der Waals surface area contributed by atoms with Crippen LogP contribution in [0.4, 0.5) is 11.5 Å². The lowest BCUT2D eigenvalue weighted by molar-refractivity contribution is 0.355. The number of aromatic nitrogens is 5. The zero-order valence-electron chi connectivity index (χ0n) is 18.5. The molecule has 8 nitrogen and oxygen atoms in total. The fourth-order valence-corrected chi connectivity index (χ4v) is 3.75. The summed E-state index contributed by atoms with van der Waals surface area (Å²) in [6, 6.07) is 18.0. The van der Waals surface area contributed by atoms with E-state index < -0.39 is 0 Å². The van der Waals surface area contributed by atoms with Gasteiger partial charge in [0.15, 0.2) is 11.5 Å². The van der Waals surface area contributed by atoms with Crippen molar-refractivity contribution in [1.29, 1.82) is 0 Å². The Labute approximate surface area is 190 Å². The van der Waals surface area contributed by atoms with Gasteiger partial charge in [-0.3, -0.25) is 0 Å². The van der Waals surface area contributed by atoms with Crippen molar-refractivity contribution in [2.45, 2.75) is 6.92 Å². The number of methoxy groups -OCH3 is 2. The summed E-state index contributed by atoms with van der Waals surface area (Å²) in [4.78, 5) is 13.0. The van der Waals surface area contributed by atoms with Crippen LogP contribution < -0.4 is 14.8 Å². The number of aryl methyl sites for hydroxylation is 1. The molecule has 0 saturated carbocycles. The summed E-state index contributed by atoms with van der Waals surface area (Å²) in [6.45, 7) is 2.04. The van der Waals surface area contributed by atoms with Gasteiger partial charge in [0.25, 0.3) is 0 Å². The molecule has 1 N–H and O–H groups in total. The van der Waals surface area contributed by atoms with Gasteiger partial charge in [-0.05, 0) is 66.1 Å². The maximum absolute atomic E-state index is 5.47. The van der Waals surface area contributed by atoms with Gasteiger partial charge in [0, 0.05) is 11.1 Å². The van der Waals surface area contributed by atoms with Crippen molar-refractivity contribution >= 4 is 22.4 Å². The molecule has 0 bridgehead atoms. The maximum atomic E-state index is 5.47. The second-order valence-electron chi connectivity index (χ2n) is 7.49. The summed E-state index contributed by atoms with van der Waals surface area (Å²) in [5.74, 6) is 2.11. The minimum Gasteiger partial charge on any atom is -0.493 e. The first kappa shape index (κ1) is 20.4.